The number of aromatic nitrogens is 2. The number of carbonyl (C=O) groups excluding carboxylic acids is 1. The van der Waals surface area contributed by atoms with Crippen LogP contribution in [0.5, 0.6) is 0 Å². The molecule has 4 N–H and O–H groups in total. The van der Waals surface area contributed by atoms with Crippen LogP contribution in [0, 0.1) is 0 Å². The van der Waals surface area contributed by atoms with Gasteiger partial charge in [0.2, 0.25) is 6.41 Å². The number of rotatable bonds is 6. The number of nitrogens with zero attached hydrogens (tertiary/aromatic N) is 1. The summed E-state index contributed by atoms with van der Waals surface area (Å²) in [5, 5.41) is 18.8. The number of pyridine rings is 1. The van der Waals surface area contributed by atoms with E-state index in [0.29, 0.717) is 22.6 Å². The Kier molecular flexibility index (Phi) is 7.40. The average molecular weight is 463 g/mol. The summed E-state index contributed by atoms with van der Waals surface area (Å²) in [5.41, 5.74) is 2.85. The molecule has 1 aliphatic rings. The van der Waals surface area contributed by atoms with E-state index in [2.05, 4.69) is 20.6 Å². The minimum absolute atomic E-state index is 0.0504. The van der Waals surface area contributed by atoms with Gasteiger partial charge in [-0.2, -0.15) is 0 Å². The van der Waals surface area contributed by atoms with Gasteiger partial charge in [0, 0.05) is 22.8 Å². The molecule has 3 heterocycles. The molecule has 0 saturated carbocycles. The summed E-state index contributed by atoms with van der Waals surface area (Å²) in [6, 6.07) is 18.6. The molecule has 4 aromatic rings. The maximum atomic E-state index is 11.4. The second kappa shape index (κ2) is 10.6. The van der Waals surface area contributed by atoms with Crippen LogP contribution >= 0.6 is 11.6 Å². The largest absolute Gasteiger partial charge is 0.379 e. The maximum Gasteiger partial charge on any atom is 0.207 e. The Balaban J connectivity index is 0.000000459. The second-order valence-electron chi connectivity index (χ2n) is 8.00. The molecule has 1 saturated heterocycles. The lowest BCUT2D eigenvalue weighted by Crippen LogP contribution is -2.38. The van der Waals surface area contributed by atoms with Gasteiger partial charge in [-0.3, -0.25) is 4.79 Å². The molecule has 1 amide bonds. The van der Waals surface area contributed by atoms with Crippen LogP contribution in [0.1, 0.15) is 24.0 Å². The van der Waals surface area contributed by atoms with E-state index in [0.717, 1.165) is 22.2 Å². The van der Waals surface area contributed by atoms with Crippen molar-refractivity contribution in [1.29, 1.82) is 0 Å². The molecule has 170 valence electrons. The molecule has 0 bridgehead atoms. The summed E-state index contributed by atoms with van der Waals surface area (Å²) in [5.74, 6) is 0. The summed E-state index contributed by atoms with van der Waals surface area (Å²) >= 11 is 5.98. The zero-order chi connectivity index (χ0) is 23.1. The average Bonchev–Trinajstić information content (AvgIpc) is 3.58. The predicted octanol–water partition coefficient (Wildman–Crippen LogP) is 4.24. The van der Waals surface area contributed by atoms with E-state index in [4.69, 9.17) is 11.6 Å². The fourth-order valence-corrected chi connectivity index (χ4v) is 4.17. The molecular weight excluding hydrogens is 436 g/mol. The van der Waals surface area contributed by atoms with E-state index in [-0.39, 0.29) is 6.54 Å². The second-order valence-corrected chi connectivity index (χ2v) is 8.44. The smallest absolute Gasteiger partial charge is 0.207 e. The van der Waals surface area contributed by atoms with Gasteiger partial charge >= 0.3 is 0 Å². The Bertz CT molecular complexity index is 1180. The third-order valence-corrected chi connectivity index (χ3v) is 6.11. The van der Waals surface area contributed by atoms with Crippen molar-refractivity contribution in [3.63, 3.8) is 0 Å². The Hall–Kier alpha value is -3.19. The molecule has 6 nitrogen and oxygen atoms in total. The summed E-state index contributed by atoms with van der Waals surface area (Å²) < 4.78 is 0. The third kappa shape index (κ3) is 5.25. The van der Waals surface area contributed by atoms with Crippen LogP contribution in [0.15, 0.2) is 73.1 Å². The topological polar surface area (TPSA) is 90.0 Å². The van der Waals surface area contributed by atoms with Crippen molar-refractivity contribution in [1.82, 2.24) is 20.6 Å². The van der Waals surface area contributed by atoms with Gasteiger partial charge in [0.05, 0.1) is 6.54 Å². The van der Waals surface area contributed by atoms with E-state index in [9.17, 15) is 9.90 Å². The summed E-state index contributed by atoms with van der Waals surface area (Å²) in [4.78, 5) is 18.3. The van der Waals surface area contributed by atoms with Crippen LogP contribution in [0.4, 0.5) is 0 Å². The molecule has 0 radical (unpaired) electrons. The number of amides is 1. The number of halogens is 1. The zero-order valence-corrected chi connectivity index (χ0v) is 19.0. The van der Waals surface area contributed by atoms with Crippen LogP contribution in [0.2, 0.25) is 5.02 Å². The fourth-order valence-electron chi connectivity index (χ4n) is 4.05. The van der Waals surface area contributed by atoms with Crippen LogP contribution in [-0.2, 0) is 10.4 Å². The first-order valence-electron chi connectivity index (χ1n) is 11.0. The van der Waals surface area contributed by atoms with E-state index in [1.807, 2.05) is 42.6 Å². The lowest BCUT2D eigenvalue weighted by molar-refractivity contribution is -0.110. The summed E-state index contributed by atoms with van der Waals surface area (Å²) in [6.45, 7) is 2.55. The SMILES string of the molecule is C1CCNC1.O=CNCC(O)(c1ccc(Cl)cc1)c1ccc(-c2ccnc3[nH]ccc23)cc1. The number of hydrogen-bond donors (Lipinski definition) is 4. The number of carbonyl (C=O) groups is 1. The van der Waals surface area contributed by atoms with Gasteiger partial charge in [0.1, 0.15) is 11.2 Å². The molecule has 7 heteroatoms. The van der Waals surface area contributed by atoms with Gasteiger partial charge in [-0.05, 0) is 72.5 Å². The highest BCUT2D eigenvalue weighted by Gasteiger charge is 2.31. The molecule has 0 spiro atoms. The van der Waals surface area contributed by atoms with Gasteiger partial charge in [-0.15, -0.1) is 0 Å². The van der Waals surface area contributed by atoms with Gasteiger partial charge in [0.25, 0.3) is 0 Å². The first-order valence-corrected chi connectivity index (χ1v) is 11.4. The Morgan fingerprint density at radius 2 is 1.67 bits per heavy atom. The van der Waals surface area contributed by atoms with Gasteiger partial charge in [0.15, 0.2) is 0 Å². The monoisotopic (exact) mass is 462 g/mol. The summed E-state index contributed by atoms with van der Waals surface area (Å²) in [7, 11) is 0. The maximum absolute atomic E-state index is 11.4. The van der Waals surface area contributed by atoms with E-state index < -0.39 is 5.60 Å². The molecule has 5 rings (SSSR count). The number of H-pyrrole nitrogens is 1. The van der Waals surface area contributed by atoms with Crippen LogP contribution < -0.4 is 10.6 Å². The van der Waals surface area contributed by atoms with Crippen molar-refractivity contribution in [2.75, 3.05) is 19.6 Å². The highest BCUT2D eigenvalue weighted by atomic mass is 35.5. The minimum atomic E-state index is -1.37. The first-order chi connectivity index (χ1) is 16.1. The third-order valence-electron chi connectivity index (χ3n) is 5.85. The van der Waals surface area contributed by atoms with Gasteiger partial charge in [-0.25, -0.2) is 4.98 Å². The number of benzene rings is 2. The van der Waals surface area contributed by atoms with Crippen LogP contribution in [0.3, 0.4) is 0 Å². The highest BCUT2D eigenvalue weighted by molar-refractivity contribution is 6.30. The van der Waals surface area contributed by atoms with Crippen LogP contribution in [-0.4, -0.2) is 41.1 Å². The van der Waals surface area contributed by atoms with E-state index in [1.54, 1.807) is 30.5 Å². The van der Waals surface area contributed by atoms with Crippen molar-refractivity contribution in [3.8, 4) is 11.1 Å². The number of aromatic amines is 1. The van der Waals surface area contributed by atoms with Crippen molar-refractivity contribution in [2.24, 2.45) is 0 Å². The van der Waals surface area contributed by atoms with Crippen molar-refractivity contribution in [3.05, 3.63) is 89.2 Å². The van der Waals surface area contributed by atoms with E-state index in [1.165, 1.54) is 25.9 Å². The lowest BCUT2D eigenvalue weighted by atomic mass is 9.85. The number of hydrogen-bond acceptors (Lipinski definition) is 4. The molecule has 33 heavy (non-hydrogen) atoms. The Labute approximate surface area is 198 Å². The number of aliphatic hydroxyl groups is 1. The number of fused-ring (bicyclic) bond motifs is 1. The first kappa shape index (κ1) is 23.0. The number of nitrogens with one attached hydrogen (secondary N) is 3. The predicted molar refractivity (Wildman–Crippen MR) is 132 cm³/mol. The minimum Gasteiger partial charge on any atom is -0.379 e. The normalized spacial score (nSPS) is 14.8. The molecule has 1 unspecified atom stereocenters. The molecule has 1 fully saturated rings. The molecule has 0 aliphatic carbocycles. The van der Waals surface area contributed by atoms with Gasteiger partial charge < -0.3 is 20.7 Å². The fraction of sp³-hybridized carbons (Fsp3) is 0.231. The Morgan fingerprint density at radius 3 is 2.27 bits per heavy atom. The molecule has 2 aromatic heterocycles. The lowest BCUT2D eigenvalue weighted by Gasteiger charge is -2.29. The highest BCUT2D eigenvalue weighted by Crippen LogP contribution is 2.33. The quantitative estimate of drug-likeness (QED) is 0.323. The molecular formula is C26H27ClN4O2. The zero-order valence-electron chi connectivity index (χ0n) is 18.2. The summed E-state index contributed by atoms with van der Waals surface area (Å²) in [6.07, 6.45) is 6.98. The van der Waals surface area contributed by atoms with Crippen molar-refractivity contribution < 1.29 is 9.90 Å². The standard InChI is InChI=1S/C22H18ClN3O2.C4H9N/c23-18-7-5-17(6-8-18)22(28,13-24-14-27)16-3-1-15(2-4-16)19-9-11-25-21-20(19)10-12-26-21;1-2-4-5-3-1/h1-12,14,28H,13H2,(H,24,27)(H,25,26);5H,1-4H2. The molecule has 2 aromatic carbocycles. The van der Waals surface area contributed by atoms with Gasteiger partial charge in [-0.1, -0.05) is 48.0 Å². The Morgan fingerprint density at radius 1 is 1.00 bits per heavy atom. The van der Waals surface area contributed by atoms with E-state index >= 15 is 0 Å². The molecule has 1 atom stereocenters. The van der Waals surface area contributed by atoms with Crippen molar-refractivity contribution in [2.45, 2.75) is 18.4 Å². The molecule has 1 aliphatic heterocycles. The van der Waals surface area contributed by atoms with Crippen LogP contribution in [0.25, 0.3) is 22.2 Å². The van der Waals surface area contributed by atoms with Crippen molar-refractivity contribution >= 4 is 29.0 Å².